The van der Waals surface area contributed by atoms with Gasteiger partial charge in [-0.1, -0.05) is 71.9 Å². The van der Waals surface area contributed by atoms with Crippen molar-refractivity contribution in [2.45, 2.75) is 142 Å². The van der Waals surface area contributed by atoms with Crippen molar-refractivity contribution in [3.05, 3.63) is 54.1 Å². The van der Waals surface area contributed by atoms with Gasteiger partial charge in [-0.15, -0.1) is 0 Å². The van der Waals surface area contributed by atoms with Crippen LogP contribution >= 0.6 is 0 Å². The largest absolute Gasteiger partial charge is 0.480 e. The molecule has 27 nitrogen and oxygen atoms in total. The molecule has 8 atom stereocenters. The number of benzene rings is 1. The summed E-state index contributed by atoms with van der Waals surface area (Å²) in [5, 5.41) is 41.2. The molecule has 1 aromatic carbocycles. The van der Waals surface area contributed by atoms with Gasteiger partial charge in [-0.2, -0.15) is 0 Å². The molecular formula is C49H79N15O12. The number of aliphatic hydroxyl groups is 1. The number of nitrogens with zero attached hydrogens (tertiary/aromatic N) is 2. The minimum atomic E-state index is -1.66. The van der Waals surface area contributed by atoms with E-state index >= 15 is 0 Å². The van der Waals surface area contributed by atoms with Gasteiger partial charge in [0.1, 0.15) is 42.3 Å². The minimum absolute atomic E-state index is 0.00536. The highest BCUT2D eigenvalue weighted by atomic mass is 16.4. The lowest BCUT2D eigenvalue weighted by molar-refractivity contribution is -0.143. The van der Waals surface area contributed by atoms with E-state index in [4.69, 9.17) is 17.2 Å². The van der Waals surface area contributed by atoms with Crippen LogP contribution in [0.15, 0.2) is 47.8 Å². The number of nitrogens with one attached hydrogen (secondary N) is 10. The molecule has 0 aliphatic rings. The molecule has 9 amide bonds. The maximum absolute atomic E-state index is 14.1. The zero-order valence-corrected chi connectivity index (χ0v) is 44.3. The monoisotopic (exact) mass is 1070 g/mol. The molecule has 2 aromatic rings. The maximum Gasteiger partial charge on any atom is 0.328 e. The Labute approximate surface area is 442 Å². The summed E-state index contributed by atoms with van der Waals surface area (Å²) in [5.74, 6) is -8.81. The first-order valence-electron chi connectivity index (χ1n) is 25.1. The summed E-state index contributed by atoms with van der Waals surface area (Å²) < 4.78 is 0. The number of amides is 9. The van der Waals surface area contributed by atoms with Gasteiger partial charge < -0.3 is 80.2 Å². The number of rotatable bonds is 34. The molecule has 1 aromatic heterocycles. The molecule has 1 heterocycles. The van der Waals surface area contributed by atoms with Crippen molar-refractivity contribution in [2.24, 2.45) is 39.9 Å². The molecule has 18 N–H and O–H groups in total. The third kappa shape index (κ3) is 25.0. The van der Waals surface area contributed by atoms with Gasteiger partial charge >= 0.3 is 5.97 Å². The second kappa shape index (κ2) is 33.3. The molecule has 2 rings (SSSR count). The molecule has 0 saturated heterocycles. The number of aromatic amines is 1. The van der Waals surface area contributed by atoms with E-state index < -0.39 is 127 Å². The number of hydrogen-bond donors (Lipinski definition) is 15. The highest BCUT2D eigenvalue weighted by molar-refractivity contribution is 5.97. The SMILES string of the molecule is CC(C)C[C@H](NC(=O)[C@H](Cc1ccccc1)NC(=O)[C@H](C)NC(=O)[C@H](CC(C)C)NC(=O)[C@H](Cc1cnc[nH]1)NC(=O)[C@@H](N)CC(C)C)C(=O)NCC(=O)NCC(=O)N[C@@H](CCCN=C(N)N)C(=O)N[C@@H](CO)C(=O)O. The molecule has 76 heavy (non-hydrogen) atoms. The number of aliphatic hydroxyl groups excluding tert-OH is 1. The van der Waals surface area contributed by atoms with E-state index in [1.807, 2.05) is 27.7 Å². The van der Waals surface area contributed by atoms with E-state index in [-0.39, 0.29) is 68.8 Å². The Morgan fingerprint density at radius 3 is 1.64 bits per heavy atom. The van der Waals surface area contributed by atoms with E-state index in [1.165, 1.54) is 19.4 Å². The first-order chi connectivity index (χ1) is 35.8. The number of H-pyrrole nitrogens is 1. The van der Waals surface area contributed by atoms with Crippen molar-refractivity contribution in [2.75, 3.05) is 26.2 Å². The lowest BCUT2D eigenvalue weighted by Gasteiger charge is -2.27. The van der Waals surface area contributed by atoms with Crippen LogP contribution in [0.1, 0.15) is 91.8 Å². The van der Waals surface area contributed by atoms with Gasteiger partial charge in [0.2, 0.25) is 53.2 Å². The Hall–Kier alpha value is -7.68. The van der Waals surface area contributed by atoms with Crippen molar-refractivity contribution in [3.63, 3.8) is 0 Å². The lowest BCUT2D eigenvalue weighted by atomic mass is 10.0. The van der Waals surface area contributed by atoms with Crippen molar-refractivity contribution in [1.82, 2.24) is 57.8 Å². The number of guanidine groups is 1. The molecule has 0 fully saturated rings. The fraction of sp³-hybridized carbons (Fsp3) is 0.592. The van der Waals surface area contributed by atoms with Gasteiger partial charge in [0.15, 0.2) is 5.96 Å². The first kappa shape index (κ1) is 64.4. The number of carboxylic acid groups (broad SMARTS) is 1. The standard InChI is InChI=1S/C49H79N15O12/c1-26(2)16-32(50)42(69)61-37(20-31-21-53-25-57-31)47(74)63-35(18-28(5)6)45(72)58-29(7)41(68)60-36(19-30-12-9-8-10-13-30)46(73)62-34(17-27(3)4)43(70)56-22-39(66)55-23-40(67)59-33(14-11-15-54-49(51)52)44(71)64-38(24-65)48(75)76/h8-10,12-13,21,25-29,32-38,65H,11,14-20,22-24,50H2,1-7H3,(H,53,57)(H,55,66)(H,56,70)(H,58,72)(H,59,67)(H,60,68)(H,61,69)(H,62,73)(H,63,74)(H,64,71)(H,75,76)(H4,51,52,54)/t29-,32-,33-,34-,35-,36-,37-,38-/m0/s1. The van der Waals surface area contributed by atoms with E-state index in [0.29, 0.717) is 17.7 Å². The highest BCUT2D eigenvalue weighted by Gasteiger charge is 2.33. The average molecular weight is 1070 g/mol. The van der Waals surface area contributed by atoms with Crippen molar-refractivity contribution < 1.29 is 58.2 Å². The summed E-state index contributed by atoms with van der Waals surface area (Å²) in [6.45, 7) is 10.3. The van der Waals surface area contributed by atoms with Crippen molar-refractivity contribution in [1.29, 1.82) is 0 Å². The highest BCUT2D eigenvalue weighted by Crippen LogP contribution is 2.11. The topological polar surface area (TPSA) is 439 Å². The quantitative estimate of drug-likeness (QED) is 0.0183. The van der Waals surface area contributed by atoms with Crippen LogP contribution in [-0.4, -0.2) is 160 Å². The van der Waals surface area contributed by atoms with Crippen LogP contribution in [0, 0.1) is 17.8 Å². The molecule has 0 radical (unpaired) electrons. The van der Waals surface area contributed by atoms with Crippen LogP contribution in [0.3, 0.4) is 0 Å². The normalized spacial score (nSPS) is 14.3. The zero-order chi connectivity index (χ0) is 57.1. The van der Waals surface area contributed by atoms with Crippen molar-refractivity contribution in [3.8, 4) is 0 Å². The van der Waals surface area contributed by atoms with Crippen LogP contribution in [0.2, 0.25) is 0 Å². The van der Waals surface area contributed by atoms with Gasteiger partial charge in [-0.05, 0) is 62.3 Å². The summed E-state index contributed by atoms with van der Waals surface area (Å²) in [7, 11) is 0. The summed E-state index contributed by atoms with van der Waals surface area (Å²) in [6.07, 6.45) is 3.59. The van der Waals surface area contributed by atoms with Gasteiger partial charge in [0, 0.05) is 31.3 Å². The van der Waals surface area contributed by atoms with E-state index in [2.05, 4.69) is 62.8 Å². The smallest absolute Gasteiger partial charge is 0.328 e. The number of carbonyl (C=O) groups excluding carboxylic acids is 9. The summed E-state index contributed by atoms with van der Waals surface area (Å²) in [5.41, 5.74) is 18.0. The first-order valence-corrected chi connectivity index (χ1v) is 25.1. The molecular weight excluding hydrogens is 991 g/mol. The molecule has 0 saturated carbocycles. The van der Waals surface area contributed by atoms with Crippen LogP contribution in [0.5, 0.6) is 0 Å². The predicted octanol–water partition coefficient (Wildman–Crippen LogP) is -3.56. The lowest BCUT2D eigenvalue weighted by Crippen LogP contribution is -2.59. The van der Waals surface area contributed by atoms with E-state index in [1.54, 1.807) is 44.2 Å². The van der Waals surface area contributed by atoms with Crippen LogP contribution in [0.25, 0.3) is 0 Å². The maximum atomic E-state index is 14.1. The molecule has 0 unspecified atom stereocenters. The molecule has 0 aliphatic carbocycles. The van der Waals surface area contributed by atoms with Crippen molar-refractivity contribution >= 4 is 65.1 Å². The number of hydrogen-bond acceptors (Lipinski definition) is 14. The molecule has 27 heteroatoms. The van der Waals surface area contributed by atoms with Gasteiger partial charge in [0.25, 0.3) is 0 Å². The van der Waals surface area contributed by atoms with E-state index in [0.717, 1.165) is 0 Å². The number of carbonyl (C=O) groups is 10. The van der Waals surface area contributed by atoms with Crippen LogP contribution < -0.4 is 65.1 Å². The number of carboxylic acids is 1. The minimum Gasteiger partial charge on any atom is -0.480 e. The fourth-order valence-corrected chi connectivity index (χ4v) is 7.41. The number of aromatic nitrogens is 2. The molecule has 0 spiro atoms. The predicted molar refractivity (Wildman–Crippen MR) is 279 cm³/mol. The second-order valence-corrected chi connectivity index (χ2v) is 19.6. The second-order valence-electron chi connectivity index (χ2n) is 19.6. The van der Waals surface area contributed by atoms with Crippen LogP contribution in [0.4, 0.5) is 0 Å². The third-order valence-electron chi connectivity index (χ3n) is 11.3. The Kier molecular flexibility index (Phi) is 28.2. The van der Waals surface area contributed by atoms with Gasteiger partial charge in [0.05, 0.1) is 32.1 Å². The molecule has 0 bridgehead atoms. The Bertz CT molecular complexity index is 2260. The Morgan fingerprint density at radius 1 is 0.592 bits per heavy atom. The summed E-state index contributed by atoms with van der Waals surface area (Å²) in [4.78, 5) is 143. The number of aliphatic imine (C=N–C) groups is 1. The average Bonchev–Trinajstić information content (AvgIpc) is 3.86. The summed E-state index contributed by atoms with van der Waals surface area (Å²) >= 11 is 0. The number of nitrogens with two attached hydrogens (primary N) is 3. The number of imidazole rings is 1. The summed E-state index contributed by atoms with van der Waals surface area (Å²) in [6, 6.07) is -1.29. The Balaban J connectivity index is 2.19. The molecule has 422 valence electrons. The fourth-order valence-electron chi connectivity index (χ4n) is 7.41. The number of aliphatic carboxylic acids is 1. The van der Waals surface area contributed by atoms with Crippen LogP contribution in [-0.2, 0) is 60.8 Å². The van der Waals surface area contributed by atoms with E-state index in [9.17, 15) is 58.2 Å². The molecule has 0 aliphatic heterocycles. The van der Waals surface area contributed by atoms with Gasteiger partial charge in [-0.3, -0.25) is 48.1 Å². The Morgan fingerprint density at radius 2 is 1.11 bits per heavy atom. The van der Waals surface area contributed by atoms with Gasteiger partial charge in [-0.25, -0.2) is 9.78 Å². The zero-order valence-electron chi connectivity index (χ0n) is 44.3. The third-order valence-corrected chi connectivity index (χ3v) is 11.3.